The molecule has 5 heteroatoms. The number of thiazole rings is 1. The van der Waals surface area contributed by atoms with Gasteiger partial charge in [-0.3, -0.25) is 4.79 Å². The second-order valence-electron chi connectivity index (χ2n) is 5.22. The Kier molecular flexibility index (Phi) is 4.47. The van der Waals surface area contributed by atoms with E-state index in [1.807, 2.05) is 17.5 Å². The summed E-state index contributed by atoms with van der Waals surface area (Å²) in [4.78, 5) is 18.3. The number of carbonyl (C=O) groups is 1. The largest absolute Gasteiger partial charge is 0.351 e. The lowest BCUT2D eigenvalue weighted by Gasteiger charge is -2.21. The maximum Gasteiger partial charge on any atom is 0.263 e. The van der Waals surface area contributed by atoms with Gasteiger partial charge in [0, 0.05) is 6.54 Å². The minimum Gasteiger partial charge on any atom is -0.351 e. The Bertz CT molecular complexity index is 556. The number of hydrogen-bond donors (Lipinski definition) is 1. The molecule has 0 bridgehead atoms. The Morgan fingerprint density at radius 2 is 2.20 bits per heavy atom. The summed E-state index contributed by atoms with van der Waals surface area (Å²) in [6.45, 7) is 0.811. The fourth-order valence-corrected chi connectivity index (χ4v) is 4.25. The summed E-state index contributed by atoms with van der Waals surface area (Å²) in [5.41, 5.74) is 0. The zero-order chi connectivity index (χ0) is 13.8. The Balaban J connectivity index is 1.57. The SMILES string of the molecule is O=C(NCC1CCCCC1)c1cnc(-c2cccs2)s1. The molecule has 0 aromatic carbocycles. The Hall–Kier alpha value is -1.20. The summed E-state index contributed by atoms with van der Waals surface area (Å²) in [6.07, 6.45) is 8.17. The van der Waals surface area contributed by atoms with Crippen molar-refractivity contribution in [3.05, 3.63) is 28.6 Å². The fraction of sp³-hybridized carbons (Fsp3) is 0.467. The number of aromatic nitrogens is 1. The Morgan fingerprint density at radius 3 is 2.95 bits per heavy atom. The first kappa shape index (κ1) is 13.8. The van der Waals surface area contributed by atoms with Gasteiger partial charge in [-0.1, -0.05) is 25.3 Å². The van der Waals surface area contributed by atoms with Crippen LogP contribution in [0.5, 0.6) is 0 Å². The molecule has 1 aliphatic rings. The van der Waals surface area contributed by atoms with Gasteiger partial charge in [-0.25, -0.2) is 4.98 Å². The van der Waals surface area contributed by atoms with Crippen LogP contribution in [0.3, 0.4) is 0 Å². The summed E-state index contributed by atoms with van der Waals surface area (Å²) in [5.74, 6) is 0.688. The number of amides is 1. The molecule has 2 aromatic rings. The highest BCUT2D eigenvalue weighted by molar-refractivity contribution is 7.21. The van der Waals surface area contributed by atoms with Gasteiger partial charge in [-0.05, 0) is 30.2 Å². The van der Waals surface area contributed by atoms with E-state index >= 15 is 0 Å². The summed E-state index contributed by atoms with van der Waals surface area (Å²) in [5, 5.41) is 6.02. The number of carbonyl (C=O) groups excluding carboxylic acids is 1. The normalized spacial score (nSPS) is 16.2. The Morgan fingerprint density at radius 1 is 1.35 bits per heavy atom. The second kappa shape index (κ2) is 6.50. The molecule has 1 saturated carbocycles. The van der Waals surface area contributed by atoms with Crippen molar-refractivity contribution < 1.29 is 4.79 Å². The van der Waals surface area contributed by atoms with Crippen LogP contribution in [0.4, 0.5) is 0 Å². The van der Waals surface area contributed by atoms with Crippen molar-refractivity contribution in [2.75, 3.05) is 6.54 Å². The molecular formula is C15H18N2OS2. The van der Waals surface area contributed by atoms with E-state index in [4.69, 9.17) is 0 Å². The number of thiophene rings is 1. The van der Waals surface area contributed by atoms with Crippen molar-refractivity contribution >= 4 is 28.6 Å². The van der Waals surface area contributed by atoms with E-state index in [0.29, 0.717) is 10.8 Å². The summed E-state index contributed by atoms with van der Waals surface area (Å²) < 4.78 is 0. The highest BCUT2D eigenvalue weighted by Crippen LogP contribution is 2.29. The third kappa shape index (κ3) is 3.27. The summed E-state index contributed by atoms with van der Waals surface area (Å²) in [7, 11) is 0. The molecule has 2 heterocycles. The van der Waals surface area contributed by atoms with E-state index in [1.165, 1.54) is 43.4 Å². The first-order chi connectivity index (χ1) is 9.83. The quantitative estimate of drug-likeness (QED) is 0.920. The highest BCUT2D eigenvalue weighted by atomic mass is 32.1. The monoisotopic (exact) mass is 306 g/mol. The van der Waals surface area contributed by atoms with Crippen LogP contribution in [0.15, 0.2) is 23.7 Å². The van der Waals surface area contributed by atoms with Crippen molar-refractivity contribution in [2.24, 2.45) is 5.92 Å². The molecule has 0 atom stereocenters. The predicted molar refractivity (Wildman–Crippen MR) is 84.3 cm³/mol. The number of hydrogen-bond acceptors (Lipinski definition) is 4. The maximum absolute atomic E-state index is 12.1. The average molecular weight is 306 g/mol. The minimum atomic E-state index is 0.0240. The van der Waals surface area contributed by atoms with E-state index in [-0.39, 0.29) is 5.91 Å². The lowest BCUT2D eigenvalue weighted by atomic mass is 9.89. The molecule has 0 aliphatic heterocycles. The van der Waals surface area contributed by atoms with Crippen molar-refractivity contribution in [3.8, 4) is 9.88 Å². The maximum atomic E-state index is 12.1. The van der Waals surface area contributed by atoms with Gasteiger partial charge >= 0.3 is 0 Å². The predicted octanol–water partition coefficient (Wildman–Crippen LogP) is 4.18. The van der Waals surface area contributed by atoms with E-state index in [9.17, 15) is 4.79 Å². The van der Waals surface area contributed by atoms with Crippen molar-refractivity contribution in [2.45, 2.75) is 32.1 Å². The molecule has 1 amide bonds. The fourth-order valence-electron chi connectivity index (χ4n) is 2.61. The van der Waals surface area contributed by atoms with E-state index in [1.54, 1.807) is 17.5 Å². The third-order valence-corrected chi connectivity index (χ3v) is 5.77. The smallest absolute Gasteiger partial charge is 0.263 e. The molecule has 2 aromatic heterocycles. The van der Waals surface area contributed by atoms with Crippen LogP contribution in [-0.2, 0) is 0 Å². The molecule has 0 radical (unpaired) electrons. The molecule has 1 fully saturated rings. The first-order valence-corrected chi connectivity index (χ1v) is 8.80. The molecule has 0 spiro atoms. The molecule has 0 saturated heterocycles. The molecular weight excluding hydrogens is 288 g/mol. The van der Waals surface area contributed by atoms with Gasteiger partial charge in [0.05, 0.1) is 11.1 Å². The van der Waals surface area contributed by atoms with Crippen LogP contribution in [0.25, 0.3) is 9.88 Å². The minimum absolute atomic E-state index is 0.0240. The zero-order valence-electron chi connectivity index (χ0n) is 11.3. The van der Waals surface area contributed by atoms with Crippen LogP contribution in [0, 0.1) is 5.92 Å². The van der Waals surface area contributed by atoms with E-state index in [2.05, 4.69) is 10.3 Å². The lowest BCUT2D eigenvalue weighted by molar-refractivity contribution is 0.0947. The van der Waals surface area contributed by atoms with Crippen LogP contribution < -0.4 is 5.32 Å². The van der Waals surface area contributed by atoms with Crippen LogP contribution in [0.1, 0.15) is 41.8 Å². The van der Waals surface area contributed by atoms with Crippen LogP contribution in [0.2, 0.25) is 0 Å². The van der Waals surface area contributed by atoms with Gasteiger partial charge in [0.15, 0.2) is 0 Å². The molecule has 1 N–H and O–H groups in total. The molecule has 1 aliphatic carbocycles. The molecule has 106 valence electrons. The van der Waals surface area contributed by atoms with Gasteiger partial charge < -0.3 is 5.32 Å². The number of nitrogens with zero attached hydrogens (tertiary/aromatic N) is 1. The topological polar surface area (TPSA) is 42.0 Å². The molecule has 3 rings (SSSR count). The van der Waals surface area contributed by atoms with Crippen LogP contribution >= 0.6 is 22.7 Å². The zero-order valence-corrected chi connectivity index (χ0v) is 12.9. The summed E-state index contributed by atoms with van der Waals surface area (Å²) in [6, 6.07) is 4.04. The van der Waals surface area contributed by atoms with Crippen molar-refractivity contribution in [1.82, 2.24) is 10.3 Å². The molecule has 0 unspecified atom stereocenters. The van der Waals surface area contributed by atoms with Crippen LogP contribution in [-0.4, -0.2) is 17.4 Å². The highest BCUT2D eigenvalue weighted by Gasteiger charge is 2.16. The van der Waals surface area contributed by atoms with Gasteiger partial charge in [0.1, 0.15) is 9.88 Å². The summed E-state index contributed by atoms with van der Waals surface area (Å²) >= 11 is 3.13. The number of nitrogens with one attached hydrogen (secondary N) is 1. The lowest BCUT2D eigenvalue weighted by Crippen LogP contribution is -2.29. The van der Waals surface area contributed by atoms with Gasteiger partial charge in [0.25, 0.3) is 5.91 Å². The van der Waals surface area contributed by atoms with Gasteiger partial charge in [-0.15, -0.1) is 22.7 Å². The first-order valence-electron chi connectivity index (χ1n) is 7.11. The average Bonchev–Trinajstić information content (AvgIpc) is 3.16. The number of rotatable bonds is 4. The van der Waals surface area contributed by atoms with E-state index in [0.717, 1.165) is 16.4 Å². The molecule has 20 heavy (non-hydrogen) atoms. The van der Waals surface area contributed by atoms with E-state index < -0.39 is 0 Å². The standard InChI is InChI=1S/C15H18N2OS2/c18-14(16-9-11-5-2-1-3-6-11)13-10-17-15(20-13)12-7-4-8-19-12/h4,7-8,10-11H,1-3,5-6,9H2,(H,16,18). The molecule has 3 nitrogen and oxygen atoms in total. The van der Waals surface area contributed by atoms with Crippen molar-refractivity contribution in [3.63, 3.8) is 0 Å². The Labute approximate surface area is 127 Å². The second-order valence-corrected chi connectivity index (χ2v) is 7.20. The van der Waals surface area contributed by atoms with Gasteiger partial charge in [0.2, 0.25) is 0 Å². The van der Waals surface area contributed by atoms with Gasteiger partial charge in [-0.2, -0.15) is 0 Å². The van der Waals surface area contributed by atoms with Crippen molar-refractivity contribution in [1.29, 1.82) is 0 Å². The third-order valence-electron chi connectivity index (χ3n) is 3.74.